The van der Waals surface area contributed by atoms with Crippen LogP contribution in [0, 0.1) is 0 Å². The zero-order chi connectivity index (χ0) is 19.5. The molecule has 0 spiro atoms. The number of aromatic nitrogens is 1. The number of carbonyl (C=O) groups is 1. The second-order valence-electron chi connectivity index (χ2n) is 6.45. The van der Waals surface area contributed by atoms with Gasteiger partial charge in [0.05, 0.1) is 22.9 Å². The van der Waals surface area contributed by atoms with Gasteiger partial charge in [0.15, 0.2) is 15.6 Å². The molecule has 1 aromatic carbocycles. The zero-order valence-corrected chi connectivity index (χ0v) is 18.2. The Balaban J connectivity index is 1.56. The van der Waals surface area contributed by atoms with Crippen molar-refractivity contribution in [1.82, 2.24) is 9.88 Å². The predicted molar refractivity (Wildman–Crippen MR) is 115 cm³/mol. The summed E-state index contributed by atoms with van der Waals surface area (Å²) in [7, 11) is 0. The maximum absolute atomic E-state index is 13.1. The van der Waals surface area contributed by atoms with Crippen LogP contribution in [0.15, 0.2) is 39.4 Å². The Morgan fingerprint density at radius 3 is 2.82 bits per heavy atom. The Kier molecular flexibility index (Phi) is 6.32. The SMILES string of the molecule is O=C(c1ccc(Br)o1)N(CCCN1CCOCC1)c1nc2c(Cl)cccc2s1. The van der Waals surface area contributed by atoms with Gasteiger partial charge in [-0.15, -0.1) is 0 Å². The predicted octanol–water partition coefficient (Wildman–Crippen LogP) is 4.67. The summed E-state index contributed by atoms with van der Waals surface area (Å²) in [5.74, 6) is 0.0754. The number of amides is 1. The van der Waals surface area contributed by atoms with Gasteiger partial charge in [-0.1, -0.05) is 29.0 Å². The Morgan fingerprint density at radius 1 is 1.29 bits per heavy atom. The van der Waals surface area contributed by atoms with Crippen molar-refractivity contribution in [3.05, 3.63) is 45.8 Å². The van der Waals surface area contributed by atoms with Gasteiger partial charge in [0.1, 0.15) is 5.52 Å². The van der Waals surface area contributed by atoms with E-state index >= 15 is 0 Å². The fourth-order valence-corrected chi connectivity index (χ4v) is 4.74. The number of nitrogens with zero attached hydrogens (tertiary/aromatic N) is 3. The molecule has 1 amide bonds. The first kappa shape index (κ1) is 19.8. The van der Waals surface area contributed by atoms with Gasteiger partial charge in [-0.3, -0.25) is 14.6 Å². The van der Waals surface area contributed by atoms with E-state index in [4.69, 9.17) is 20.8 Å². The van der Waals surface area contributed by atoms with Crippen LogP contribution in [-0.4, -0.2) is 55.2 Å². The molecule has 3 aromatic rings. The zero-order valence-electron chi connectivity index (χ0n) is 15.1. The summed E-state index contributed by atoms with van der Waals surface area (Å²) in [6.07, 6.45) is 0.831. The maximum atomic E-state index is 13.1. The number of thiazole rings is 1. The minimum atomic E-state index is -0.206. The van der Waals surface area contributed by atoms with Gasteiger partial charge < -0.3 is 9.15 Å². The van der Waals surface area contributed by atoms with Crippen molar-refractivity contribution in [2.75, 3.05) is 44.3 Å². The summed E-state index contributed by atoms with van der Waals surface area (Å²) in [6, 6.07) is 9.04. The Labute approximate surface area is 180 Å². The molecule has 2 aromatic heterocycles. The van der Waals surface area contributed by atoms with Gasteiger partial charge in [0, 0.05) is 26.2 Å². The van der Waals surface area contributed by atoms with Crippen molar-refractivity contribution in [2.45, 2.75) is 6.42 Å². The van der Waals surface area contributed by atoms with Crippen molar-refractivity contribution in [3.63, 3.8) is 0 Å². The van der Waals surface area contributed by atoms with Gasteiger partial charge >= 0.3 is 0 Å². The van der Waals surface area contributed by atoms with E-state index in [0.717, 1.165) is 49.5 Å². The molecule has 0 N–H and O–H groups in total. The van der Waals surface area contributed by atoms with Gasteiger partial charge in [0.2, 0.25) is 0 Å². The summed E-state index contributed by atoms with van der Waals surface area (Å²) in [5.41, 5.74) is 0.718. The summed E-state index contributed by atoms with van der Waals surface area (Å²) in [5, 5.41) is 1.21. The smallest absolute Gasteiger partial charge is 0.295 e. The van der Waals surface area contributed by atoms with Crippen molar-refractivity contribution in [2.24, 2.45) is 0 Å². The lowest BCUT2D eigenvalue weighted by Gasteiger charge is -2.27. The highest BCUT2D eigenvalue weighted by molar-refractivity contribution is 9.10. The van der Waals surface area contributed by atoms with Gasteiger partial charge in [-0.2, -0.15) is 0 Å². The first-order valence-corrected chi connectivity index (χ1v) is 11.0. The molecular formula is C19H19BrClN3O3S. The van der Waals surface area contributed by atoms with Crippen LogP contribution in [0.1, 0.15) is 17.0 Å². The molecule has 1 fully saturated rings. The molecule has 9 heteroatoms. The molecule has 0 unspecified atom stereocenters. The number of para-hydroxylation sites is 1. The Morgan fingerprint density at radius 2 is 2.11 bits per heavy atom. The van der Waals surface area contributed by atoms with Crippen LogP contribution in [0.5, 0.6) is 0 Å². The molecule has 0 aliphatic carbocycles. The monoisotopic (exact) mass is 483 g/mol. The summed E-state index contributed by atoms with van der Waals surface area (Å²) in [4.78, 5) is 21.8. The average Bonchev–Trinajstić information content (AvgIpc) is 3.33. The van der Waals surface area contributed by atoms with Crippen LogP contribution in [0.25, 0.3) is 10.2 Å². The second-order valence-corrected chi connectivity index (χ2v) is 8.65. The lowest BCUT2D eigenvalue weighted by molar-refractivity contribution is 0.0376. The number of hydrogen-bond donors (Lipinski definition) is 0. The molecule has 1 aliphatic rings. The summed E-state index contributed by atoms with van der Waals surface area (Å²) < 4.78 is 12.4. The maximum Gasteiger partial charge on any atom is 0.295 e. The van der Waals surface area contributed by atoms with Crippen LogP contribution >= 0.6 is 38.9 Å². The van der Waals surface area contributed by atoms with Crippen LogP contribution < -0.4 is 4.90 Å². The average molecular weight is 485 g/mol. The van der Waals surface area contributed by atoms with Crippen molar-refractivity contribution in [1.29, 1.82) is 0 Å². The highest BCUT2D eigenvalue weighted by Gasteiger charge is 2.24. The van der Waals surface area contributed by atoms with Gasteiger partial charge in [0.25, 0.3) is 5.91 Å². The summed E-state index contributed by atoms with van der Waals surface area (Å²) in [6.45, 7) is 4.83. The number of halogens is 2. The van der Waals surface area contributed by atoms with Crippen LogP contribution in [0.3, 0.4) is 0 Å². The molecule has 0 bridgehead atoms. The van der Waals surface area contributed by atoms with E-state index in [1.165, 1.54) is 11.3 Å². The molecule has 148 valence electrons. The highest BCUT2D eigenvalue weighted by Crippen LogP contribution is 2.33. The molecule has 0 atom stereocenters. The lowest BCUT2D eigenvalue weighted by Crippen LogP contribution is -2.39. The van der Waals surface area contributed by atoms with E-state index in [0.29, 0.717) is 21.4 Å². The first-order chi connectivity index (χ1) is 13.6. The summed E-state index contributed by atoms with van der Waals surface area (Å²) >= 11 is 11.0. The van der Waals surface area contributed by atoms with E-state index < -0.39 is 0 Å². The Hall–Kier alpha value is -1.45. The second kappa shape index (κ2) is 8.92. The van der Waals surface area contributed by atoms with Crippen LogP contribution in [0.4, 0.5) is 5.13 Å². The molecular weight excluding hydrogens is 466 g/mol. The van der Waals surface area contributed by atoms with E-state index in [-0.39, 0.29) is 11.7 Å². The molecule has 1 aliphatic heterocycles. The Bertz CT molecular complexity index is 970. The molecule has 6 nitrogen and oxygen atoms in total. The fourth-order valence-electron chi connectivity index (χ4n) is 3.14. The quantitative estimate of drug-likeness (QED) is 0.509. The number of benzene rings is 1. The third kappa shape index (κ3) is 4.41. The molecule has 1 saturated heterocycles. The number of ether oxygens (including phenoxy) is 1. The number of carbonyl (C=O) groups excluding carboxylic acids is 1. The number of furan rings is 1. The number of anilines is 1. The molecule has 3 heterocycles. The van der Waals surface area contributed by atoms with Gasteiger partial charge in [-0.05, 0) is 46.6 Å². The van der Waals surface area contributed by atoms with Crippen LogP contribution in [-0.2, 0) is 4.74 Å². The fraction of sp³-hybridized carbons (Fsp3) is 0.368. The minimum Gasteiger partial charge on any atom is -0.444 e. The number of rotatable bonds is 6. The molecule has 4 rings (SSSR count). The minimum absolute atomic E-state index is 0.206. The topological polar surface area (TPSA) is 58.8 Å². The van der Waals surface area contributed by atoms with Crippen molar-refractivity contribution >= 4 is 60.1 Å². The highest BCUT2D eigenvalue weighted by atomic mass is 79.9. The van der Waals surface area contributed by atoms with E-state index in [2.05, 4.69) is 25.8 Å². The normalized spacial score (nSPS) is 15.2. The molecule has 0 saturated carbocycles. The standard InChI is InChI=1S/C19H19BrClN3O3S/c20-16-6-5-14(27-16)18(25)24(8-2-7-23-9-11-26-12-10-23)19-22-17-13(21)3-1-4-15(17)28-19/h1,3-6H,2,7-12H2. The van der Waals surface area contributed by atoms with Gasteiger partial charge in [-0.25, -0.2) is 4.98 Å². The number of morpholine rings is 1. The third-order valence-electron chi connectivity index (χ3n) is 4.58. The number of fused-ring (bicyclic) bond motifs is 1. The van der Waals surface area contributed by atoms with Crippen molar-refractivity contribution in [3.8, 4) is 0 Å². The van der Waals surface area contributed by atoms with E-state index in [1.54, 1.807) is 17.0 Å². The molecule has 0 radical (unpaired) electrons. The first-order valence-electron chi connectivity index (χ1n) is 9.04. The van der Waals surface area contributed by atoms with E-state index in [1.807, 2.05) is 18.2 Å². The molecule has 28 heavy (non-hydrogen) atoms. The largest absolute Gasteiger partial charge is 0.444 e. The van der Waals surface area contributed by atoms with E-state index in [9.17, 15) is 4.79 Å². The lowest BCUT2D eigenvalue weighted by atomic mass is 10.3. The van der Waals surface area contributed by atoms with Crippen LogP contribution in [0.2, 0.25) is 5.02 Å². The van der Waals surface area contributed by atoms with Crippen molar-refractivity contribution < 1.29 is 13.9 Å². The number of hydrogen-bond acceptors (Lipinski definition) is 6. The third-order valence-corrected chi connectivity index (χ3v) is 6.35.